The third-order valence-corrected chi connectivity index (χ3v) is 5.28. The van der Waals surface area contributed by atoms with Crippen molar-refractivity contribution >= 4 is 39.0 Å². The molecule has 0 saturated heterocycles. The molecule has 0 unspecified atom stereocenters. The Balaban J connectivity index is 2.09. The van der Waals surface area contributed by atoms with Crippen LogP contribution in [0.5, 0.6) is 0 Å². The molecule has 120 valence electrons. The second kappa shape index (κ2) is 5.80. The zero-order chi connectivity index (χ0) is 16.7. The SMILES string of the molecule is CCc1ccc2c3c(C(N)=O)cccc3n(Cc3ccsc3)c2c1. The first-order chi connectivity index (χ1) is 11.7. The Kier molecular flexibility index (Phi) is 3.62. The van der Waals surface area contributed by atoms with Crippen LogP contribution in [0.1, 0.15) is 28.4 Å². The van der Waals surface area contributed by atoms with E-state index >= 15 is 0 Å². The van der Waals surface area contributed by atoms with Crippen LogP contribution in [-0.2, 0) is 13.0 Å². The number of carbonyl (C=O) groups excluding carboxylic acids is 1. The Morgan fingerprint density at radius 3 is 2.71 bits per heavy atom. The molecule has 4 heteroatoms. The topological polar surface area (TPSA) is 48.0 Å². The molecule has 2 aromatic heterocycles. The predicted octanol–water partition coefficient (Wildman–Crippen LogP) is 4.57. The first-order valence-corrected chi connectivity index (χ1v) is 8.98. The van der Waals surface area contributed by atoms with Gasteiger partial charge in [-0.1, -0.05) is 25.1 Å². The minimum Gasteiger partial charge on any atom is -0.366 e. The van der Waals surface area contributed by atoms with E-state index in [0.717, 1.165) is 34.8 Å². The third kappa shape index (κ3) is 2.31. The number of aromatic nitrogens is 1. The van der Waals surface area contributed by atoms with E-state index in [0.29, 0.717) is 5.56 Å². The summed E-state index contributed by atoms with van der Waals surface area (Å²) in [5, 5.41) is 6.30. The average Bonchev–Trinajstić information content (AvgIpc) is 3.21. The maximum absolute atomic E-state index is 11.9. The highest BCUT2D eigenvalue weighted by Crippen LogP contribution is 2.33. The van der Waals surface area contributed by atoms with E-state index in [1.165, 1.54) is 11.1 Å². The number of hydrogen-bond acceptors (Lipinski definition) is 2. The minimum absolute atomic E-state index is 0.380. The summed E-state index contributed by atoms with van der Waals surface area (Å²) in [4.78, 5) is 11.9. The fourth-order valence-electron chi connectivity index (χ4n) is 3.35. The summed E-state index contributed by atoms with van der Waals surface area (Å²) >= 11 is 1.70. The highest BCUT2D eigenvalue weighted by atomic mass is 32.1. The van der Waals surface area contributed by atoms with Crippen molar-refractivity contribution in [3.63, 3.8) is 0 Å². The average molecular weight is 334 g/mol. The summed E-state index contributed by atoms with van der Waals surface area (Å²) in [5.41, 5.74) is 11.0. The molecule has 2 heterocycles. The van der Waals surface area contributed by atoms with E-state index in [1.807, 2.05) is 12.1 Å². The number of nitrogens with two attached hydrogens (primary N) is 1. The van der Waals surface area contributed by atoms with Crippen molar-refractivity contribution in [3.05, 3.63) is 69.9 Å². The second-order valence-corrected chi connectivity index (χ2v) is 6.77. The van der Waals surface area contributed by atoms with Crippen LogP contribution < -0.4 is 5.73 Å². The van der Waals surface area contributed by atoms with Gasteiger partial charge in [0, 0.05) is 28.4 Å². The van der Waals surface area contributed by atoms with Gasteiger partial charge in [0.25, 0.3) is 0 Å². The Morgan fingerprint density at radius 1 is 1.12 bits per heavy atom. The molecule has 0 aliphatic carbocycles. The van der Waals surface area contributed by atoms with Crippen LogP contribution >= 0.6 is 11.3 Å². The summed E-state index contributed by atoms with van der Waals surface area (Å²) in [5.74, 6) is -0.380. The molecule has 0 spiro atoms. The molecule has 0 fully saturated rings. The highest BCUT2D eigenvalue weighted by molar-refractivity contribution is 7.07. The van der Waals surface area contributed by atoms with Crippen LogP contribution in [0.15, 0.2) is 53.2 Å². The van der Waals surface area contributed by atoms with Gasteiger partial charge in [0.2, 0.25) is 5.91 Å². The molecule has 0 radical (unpaired) electrons. The first kappa shape index (κ1) is 15.0. The number of rotatable bonds is 4. The third-order valence-electron chi connectivity index (χ3n) is 4.55. The molecule has 2 N–H and O–H groups in total. The Labute approximate surface area is 144 Å². The smallest absolute Gasteiger partial charge is 0.249 e. The standard InChI is InChI=1S/C20H18N2OS/c1-2-13-6-7-15-18(10-13)22(11-14-8-9-24-12-14)17-5-3-4-16(19(15)17)20(21)23/h3-10,12H,2,11H2,1H3,(H2,21,23). The number of thiophene rings is 1. The first-order valence-electron chi connectivity index (χ1n) is 8.03. The van der Waals surface area contributed by atoms with Gasteiger partial charge < -0.3 is 10.3 Å². The molecule has 24 heavy (non-hydrogen) atoms. The molecule has 0 aliphatic rings. The Morgan fingerprint density at radius 2 is 2.00 bits per heavy atom. The van der Waals surface area contributed by atoms with Crippen LogP contribution in [0, 0.1) is 0 Å². The highest BCUT2D eigenvalue weighted by Gasteiger charge is 2.16. The van der Waals surface area contributed by atoms with Crippen LogP contribution in [0.25, 0.3) is 21.8 Å². The van der Waals surface area contributed by atoms with Gasteiger partial charge in [-0.25, -0.2) is 0 Å². The van der Waals surface area contributed by atoms with Crippen molar-refractivity contribution in [2.45, 2.75) is 19.9 Å². The molecule has 0 saturated carbocycles. The van der Waals surface area contributed by atoms with Crippen LogP contribution in [0.4, 0.5) is 0 Å². The molecule has 0 bridgehead atoms. The number of fused-ring (bicyclic) bond motifs is 3. The van der Waals surface area contributed by atoms with E-state index in [4.69, 9.17) is 5.73 Å². The van der Waals surface area contributed by atoms with Gasteiger partial charge in [-0.3, -0.25) is 4.79 Å². The Bertz CT molecular complexity index is 1040. The lowest BCUT2D eigenvalue weighted by Gasteiger charge is -2.07. The van der Waals surface area contributed by atoms with E-state index in [9.17, 15) is 4.79 Å². The molecule has 2 aromatic carbocycles. The van der Waals surface area contributed by atoms with Gasteiger partial charge >= 0.3 is 0 Å². The van der Waals surface area contributed by atoms with Gasteiger partial charge in [0.1, 0.15) is 0 Å². The maximum Gasteiger partial charge on any atom is 0.249 e. The number of carbonyl (C=O) groups is 1. The molecule has 3 nitrogen and oxygen atoms in total. The van der Waals surface area contributed by atoms with Crippen molar-refractivity contribution in [3.8, 4) is 0 Å². The lowest BCUT2D eigenvalue weighted by Crippen LogP contribution is -2.11. The summed E-state index contributed by atoms with van der Waals surface area (Å²) in [6, 6.07) is 14.4. The van der Waals surface area contributed by atoms with Gasteiger partial charge in [-0.15, -0.1) is 0 Å². The minimum atomic E-state index is -0.380. The zero-order valence-electron chi connectivity index (χ0n) is 13.5. The van der Waals surface area contributed by atoms with Crippen molar-refractivity contribution < 1.29 is 4.79 Å². The number of hydrogen-bond donors (Lipinski definition) is 1. The number of aryl methyl sites for hydroxylation is 1. The molecular formula is C20H18N2OS. The van der Waals surface area contributed by atoms with Gasteiger partial charge in [-0.2, -0.15) is 11.3 Å². The normalized spacial score (nSPS) is 11.4. The quantitative estimate of drug-likeness (QED) is 0.584. The summed E-state index contributed by atoms with van der Waals surface area (Å²) in [7, 11) is 0. The van der Waals surface area contributed by atoms with E-state index in [1.54, 1.807) is 11.3 Å². The molecule has 4 rings (SSSR count). The van der Waals surface area contributed by atoms with Gasteiger partial charge in [-0.05, 0) is 52.6 Å². The van der Waals surface area contributed by atoms with Gasteiger partial charge in [0.15, 0.2) is 0 Å². The summed E-state index contributed by atoms with van der Waals surface area (Å²) < 4.78 is 2.29. The monoisotopic (exact) mass is 334 g/mol. The summed E-state index contributed by atoms with van der Waals surface area (Å²) in [6.45, 7) is 2.95. The fourth-order valence-corrected chi connectivity index (χ4v) is 4.01. The summed E-state index contributed by atoms with van der Waals surface area (Å²) in [6.07, 6.45) is 0.985. The predicted molar refractivity (Wildman–Crippen MR) is 101 cm³/mol. The number of amides is 1. The lowest BCUT2D eigenvalue weighted by molar-refractivity contribution is 0.100. The maximum atomic E-state index is 11.9. The second-order valence-electron chi connectivity index (χ2n) is 5.99. The molecule has 0 aliphatic heterocycles. The lowest BCUT2D eigenvalue weighted by atomic mass is 10.0. The molecule has 1 amide bonds. The van der Waals surface area contributed by atoms with Crippen molar-refractivity contribution in [2.24, 2.45) is 5.73 Å². The van der Waals surface area contributed by atoms with Crippen LogP contribution in [-0.4, -0.2) is 10.5 Å². The zero-order valence-corrected chi connectivity index (χ0v) is 14.3. The van der Waals surface area contributed by atoms with E-state index in [-0.39, 0.29) is 5.91 Å². The van der Waals surface area contributed by atoms with Crippen LogP contribution in [0.2, 0.25) is 0 Å². The van der Waals surface area contributed by atoms with E-state index < -0.39 is 0 Å². The van der Waals surface area contributed by atoms with Crippen molar-refractivity contribution in [2.75, 3.05) is 0 Å². The fraction of sp³-hybridized carbons (Fsp3) is 0.150. The largest absolute Gasteiger partial charge is 0.366 e. The van der Waals surface area contributed by atoms with E-state index in [2.05, 4.69) is 52.6 Å². The van der Waals surface area contributed by atoms with Crippen LogP contribution in [0.3, 0.4) is 0 Å². The molecular weight excluding hydrogens is 316 g/mol. The number of nitrogens with zero attached hydrogens (tertiary/aromatic N) is 1. The van der Waals surface area contributed by atoms with Gasteiger partial charge in [0.05, 0.1) is 5.52 Å². The molecule has 4 aromatic rings. The van der Waals surface area contributed by atoms with Crippen molar-refractivity contribution in [1.82, 2.24) is 4.57 Å². The number of benzene rings is 2. The molecule has 0 atom stereocenters. The number of primary amides is 1. The Hall–Kier alpha value is -2.59. The van der Waals surface area contributed by atoms with Crippen molar-refractivity contribution in [1.29, 1.82) is 0 Å².